The zero-order valence-corrected chi connectivity index (χ0v) is 8.02. The number of carbonyl (C=O) groups excluding carboxylic acids is 1. The molecule has 7 heteroatoms. The van der Waals surface area contributed by atoms with Crippen molar-refractivity contribution in [2.75, 3.05) is 6.61 Å². The minimum absolute atomic E-state index is 0. The molecule has 0 aromatic carbocycles. The molecular formula is C6H12AgO6. The van der Waals surface area contributed by atoms with Gasteiger partial charge in [0.05, 0.1) is 6.61 Å². The van der Waals surface area contributed by atoms with Crippen LogP contribution in [0.3, 0.4) is 0 Å². The molecule has 0 rings (SSSR count). The van der Waals surface area contributed by atoms with Crippen LogP contribution < -0.4 is 0 Å². The van der Waals surface area contributed by atoms with Crippen molar-refractivity contribution in [1.82, 2.24) is 0 Å². The van der Waals surface area contributed by atoms with Crippen molar-refractivity contribution in [3.05, 3.63) is 0 Å². The Morgan fingerprint density at radius 1 is 1.08 bits per heavy atom. The van der Waals surface area contributed by atoms with Crippen LogP contribution in [0.4, 0.5) is 0 Å². The predicted octanol–water partition coefficient (Wildman–Crippen LogP) is -3.38. The molecule has 13 heavy (non-hydrogen) atoms. The van der Waals surface area contributed by atoms with Crippen LogP contribution in [0.2, 0.25) is 0 Å². The van der Waals surface area contributed by atoms with E-state index in [1.807, 2.05) is 0 Å². The van der Waals surface area contributed by atoms with E-state index in [0.29, 0.717) is 0 Å². The summed E-state index contributed by atoms with van der Waals surface area (Å²) in [6.45, 7) is -0.760. The Labute approximate surface area is 90.3 Å². The Morgan fingerprint density at radius 2 is 1.54 bits per heavy atom. The third-order valence-electron chi connectivity index (χ3n) is 1.42. The molecule has 0 unspecified atom stereocenters. The molecule has 0 spiro atoms. The summed E-state index contributed by atoms with van der Waals surface area (Å²) in [5.41, 5.74) is 0. The van der Waals surface area contributed by atoms with Crippen LogP contribution in [-0.2, 0) is 27.2 Å². The number of hydrogen-bond acceptors (Lipinski definition) is 6. The molecular weight excluding hydrogens is 276 g/mol. The fraction of sp³-hybridized carbons (Fsp3) is 0.833. The first-order valence-electron chi connectivity index (χ1n) is 3.33. The molecule has 0 aliphatic rings. The summed E-state index contributed by atoms with van der Waals surface area (Å²) in [5.74, 6) is 0. The Balaban J connectivity index is 0. The summed E-state index contributed by atoms with van der Waals surface area (Å²) in [5, 5.41) is 43.5. The zero-order valence-electron chi connectivity index (χ0n) is 6.54. The van der Waals surface area contributed by atoms with E-state index in [1.165, 1.54) is 0 Å². The standard InChI is InChI=1S/C6H12O6.Ag/c7-1-3(9)5(11)6(12)4(10)2-8;/h1,3-6,8-12H,2H2;/t3-,4+,5+,6+;/m0./s1. The fourth-order valence-electron chi connectivity index (χ4n) is 0.618. The Kier molecular flexibility index (Phi) is 9.16. The summed E-state index contributed by atoms with van der Waals surface area (Å²) >= 11 is 0. The maximum absolute atomic E-state index is 9.90. The van der Waals surface area contributed by atoms with Gasteiger partial charge in [0.15, 0.2) is 6.29 Å². The van der Waals surface area contributed by atoms with Gasteiger partial charge in [0, 0.05) is 22.4 Å². The zero-order chi connectivity index (χ0) is 9.72. The number of aliphatic hydroxyl groups excluding tert-OH is 5. The van der Waals surface area contributed by atoms with Crippen LogP contribution in [-0.4, -0.2) is 62.8 Å². The molecule has 0 aliphatic heterocycles. The van der Waals surface area contributed by atoms with Gasteiger partial charge in [-0.2, -0.15) is 0 Å². The number of carbonyl (C=O) groups is 1. The van der Waals surface area contributed by atoms with Crippen molar-refractivity contribution in [2.45, 2.75) is 24.4 Å². The second-order valence-corrected chi connectivity index (χ2v) is 2.36. The van der Waals surface area contributed by atoms with Crippen LogP contribution in [0, 0.1) is 0 Å². The van der Waals surface area contributed by atoms with Crippen molar-refractivity contribution in [3.63, 3.8) is 0 Å². The molecule has 1 radical (unpaired) electrons. The minimum Gasteiger partial charge on any atom is -0.394 e. The van der Waals surface area contributed by atoms with E-state index in [-0.39, 0.29) is 28.7 Å². The van der Waals surface area contributed by atoms with Crippen LogP contribution >= 0.6 is 0 Å². The molecule has 6 nitrogen and oxygen atoms in total. The van der Waals surface area contributed by atoms with Crippen molar-refractivity contribution < 1.29 is 52.7 Å². The maximum atomic E-state index is 9.90. The smallest absolute Gasteiger partial charge is 0.151 e. The van der Waals surface area contributed by atoms with Gasteiger partial charge in [-0.1, -0.05) is 0 Å². The van der Waals surface area contributed by atoms with Gasteiger partial charge in [-0.3, -0.25) is 0 Å². The Morgan fingerprint density at radius 3 is 1.85 bits per heavy atom. The number of rotatable bonds is 5. The first kappa shape index (κ1) is 15.7. The van der Waals surface area contributed by atoms with E-state index in [1.54, 1.807) is 0 Å². The monoisotopic (exact) mass is 287 g/mol. The van der Waals surface area contributed by atoms with E-state index in [4.69, 9.17) is 25.5 Å². The van der Waals surface area contributed by atoms with Crippen LogP contribution in [0.15, 0.2) is 0 Å². The van der Waals surface area contributed by atoms with Gasteiger partial charge in [-0.15, -0.1) is 0 Å². The number of hydrogen-bond donors (Lipinski definition) is 5. The molecule has 0 aliphatic carbocycles. The molecule has 5 N–H and O–H groups in total. The maximum Gasteiger partial charge on any atom is 0.151 e. The summed E-state index contributed by atoms with van der Waals surface area (Å²) in [7, 11) is 0. The first-order valence-corrected chi connectivity index (χ1v) is 3.33. The van der Waals surface area contributed by atoms with Gasteiger partial charge < -0.3 is 30.3 Å². The van der Waals surface area contributed by atoms with Crippen molar-refractivity contribution in [2.24, 2.45) is 0 Å². The average molecular weight is 288 g/mol. The molecule has 0 bridgehead atoms. The molecule has 83 valence electrons. The minimum atomic E-state index is -1.79. The largest absolute Gasteiger partial charge is 0.394 e. The molecule has 4 atom stereocenters. The summed E-state index contributed by atoms with van der Waals surface area (Å²) in [6, 6.07) is 0. The third-order valence-corrected chi connectivity index (χ3v) is 1.42. The normalized spacial score (nSPS) is 19.5. The average Bonchev–Trinajstić information content (AvgIpc) is 2.12. The van der Waals surface area contributed by atoms with Crippen LogP contribution in [0.25, 0.3) is 0 Å². The van der Waals surface area contributed by atoms with Crippen molar-refractivity contribution in [3.8, 4) is 0 Å². The van der Waals surface area contributed by atoms with Crippen molar-refractivity contribution >= 4 is 6.29 Å². The first-order chi connectivity index (χ1) is 5.54. The molecule has 0 heterocycles. The summed E-state index contributed by atoms with van der Waals surface area (Å²) < 4.78 is 0. The topological polar surface area (TPSA) is 118 Å². The molecule has 0 saturated heterocycles. The SMILES string of the molecule is O=C[C@H](O)[C@@H](O)[C@H](O)[C@H](O)CO.[Ag]. The fourth-order valence-corrected chi connectivity index (χ4v) is 0.618. The number of aliphatic hydroxyl groups is 5. The van der Waals surface area contributed by atoms with Gasteiger partial charge in [0.1, 0.15) is 24.4 Å². The van der Waals surface area contributed by atoms with Gasteiger partial charge in [0.25, 0.3) is 0 Å². The van der Waals surface area contributed by atoms with E-state index in [0.717, 1.165) is 0 Å². The summed E-state index contributed by atoms with van der Waals surface area (Å²) in [6.07, 6.45) is -6.84. The third kappa shape index (κ3) is 4.84. The van der Waals surface area contributed by atoms with Crippen molar-refractivity contribution in [1.29, 1.82) is 0 Å². The van der Waals surface area contributed by atoms with Gasteiger partial charge >= 0.3 is 0 Å². The molecule has 0 aromatic rings. The second kappa shape index (κ2) is 7.60. The molecule has 0 fully saturated rings. The van der Waals surface area contributed by atoms with Crippen LogP contribution in [0.5, 0.6) is 0 Å². The van der Waals surface area contributed by atoms with E-state index < -0.39 is 31.0 Å². The molecule has 0 aromatic heterocycles. The second-order valence-electron chi connectivity index (χ2n) is 2.36. The van der Waals surface area contributed by atoms with Gasteiger partial charge in [0.2, 0.25) is 0 Å². The van der Waals surface area contributed by atoms with Gasteiger partial charge in [-0.05, 0) is 0 Å². The Bertz CT molecular complexity index is 143. The van der Waals surface area contributed by atoms with E-state index in [9.17, 15) is 4.79 Å². The Hall–Kier alpha value is 0.210. The van der Waals surface area contributed by atoms with Gasteiger partial charge in [-0.25, -0.2) is 0 Å². The predicted molar refractivity (Wildman–Crippen MR) is 37.2 cm³/mol. The summed E-state index contributed by atoms with van der Waals surface area (Å²) in [4.78, 5) is 9.90. The molecule has 0 saturated carbocycles. The number of aldehydes is 1. The molecule has 0 amide bonds. The van der Waals surface area contributed by atoms with Crippen LogP contribution in [0.1, 0.15) is 0 Å². The quantitative estimate of drug-likeness (QED) is 0.266. The van der Waals surface area contributed by atoms with E-state index >= 15 is 0 Å². The van der Waals surface area contributed by atoms with E-state index in [2.05, 4.69) is 0 Å².